The van der Waals surface area contributed by atoms with Crippen molar-refractivity contribution < 1.29 is 14.6 Å². The molecule has 64 valence electrons. The van der Waals surface area contributed by atoms with Gasteiger partial charge in [-0.15, -0.1) is 0 Å². The third-order valence-electron chi connectivity index (χ3n) is 2.31. The highest BCUT2D eigenvalue weighted by Gasteiger charge is 2.38. The SMILES string of the molecule is CC(C)(C=O)C1COCC1O. The number of rotatable bonds is 2. The van der Waals surface area contributed by atoms with Crippen molar-refractivity contribution >= 4 is 6.29 Å². The van der Waals surface area contributed by atoms with Crippen LogP contribution in [0.25, 0.3) is 0 Å². The number of carbonyl (C=O) groups excluding carboxylic acids is 1. The minimum atomic E-state index is -0.477. The lowest BCUT2D eigenvalue weighted by atomic mass is 9.78. The van der Waals surface area contributed by atoms with E-state index < -0.39 is 11.5 Å². The molecule has 0 aromatic heterocycles. The molecule has 0 spiro atoms. The van der Waals surface area contributed by atoms with E-state index in [4.69, 9.17) is 4.74 Å². The molecule has 1 aliphatic heterocycles. The van der Waals surface area contributed by atoms with Gasteiger partial charge in [0.25, 0.3) is 0 Å². The van der Waals surface area contributed by atoms with Gasteiger partial charge in [0.2, 0.25) is 0 Å². The summed E-state index contributed by atoms with van der Waals surface area (Å²) in [5.41, 5.74) is -0.462. The van der Waals surface area contributed by atoms with Crippen LogP contribution in [0.15, 0.2) is 0 Å². The van der Waals surface area contributed by atoms with Crippen molar-refractivity contribution in [2.75, 3.05) is 13.2 Å². The Hall–Kier alpha value is -0.410. The topological polar surface area (TPSA) is 46.5 Å². The summed E-state index contributed by atoms with van der Waals surface area (Å²) in [5.74, 6) is -0.0417. The zero-order valence-corrected chi connectivity index (χ0v) is 6.91. The molecule has 0 radical (unpaired) electrons. The Morgan fingerprint density at radius 1 is 1.55 bits per heavy atom. The van der Waals surface area contributed by atoms with Crippen LogP contribution in [0, 0.1) is 11.3 Å². The first kappa shape index (κ1) is 8.68. The molecule has 1 heterocycles. The van der Waals surface area contributed by atoms with Crippen LogP contribution in [0.3, 0.4) is 0 Å². The second kappa shape index (κ2) is 2.91. The summed E-state index contributed by atoms with van der Waals surface area (Å²) >= 11 is 0. The molecule has 1 rings (SSSR count). The van der Waals surface area contributed by atoms with Gasteiger partial charge in [0.15, 0.2) is 0 Å². The lowest BCUT2D eigenvalue weighted by Gasteiger charge is -2.26. The largest absolute Gasteiger partial charge is 0.390 e. The Morgan fingerprint density at radius 3 is 2.55 bits per heavy atom. The van der Waals surface area contributed by atoms with Crippen molar-refractivity contribution in [3.05, 3.63) is 0 Å². The molecule has 1 saturated heterocycles. The van der Waals surface area contributed by atoms with Gasteiger partial charge in [-0.05, 0) is 0 Å². The zero-order valence-electron chi connectivity index (χ0n) is 6.91. The van der Waals surface area contributed by atoms with Gasteiger partial charge in [-0.25, -0.2) is 0 Å². The minimum Gasteiger partial charge on any atom is -0.390 e. The van der Waals surface area contributed by atoms with Crippen molar-refractivity contribution in [3.63, 3.8) is 0 Å². The molecular formula is C8H14O3. The number of aliphatic hydroxyl groups excluding tert-OH is 1. The molecule has 0 aliphatic carbocycles. The molecule has 0 amide bonds. The molecule has 1 fully saturated rings. The molecule has 2 unspecified atom stereocenters. The van der Waals surface area contributed by atoms with Gasteiger partial charge < -0.3 is 14.6 Å². The molecule has 0 saturated carbocycles. The summed E-state index contributed by atoms with van der Waals surface area (Å²) in [5, 5.41) is 9.37. The third kappa shape index (κ3) is 1.60. The van der Waals surface area contributed by atoms with Crippen LogP contribution in [0.4, 0.5) is 0 Å². The van der Waals surface area contributed by atoms with Crippen LogP contribution in [0.2, 0.25) is 0 Å². The molecule has 3 heteroatoms. The second-order valence-electron chi connectivity index (χ2n) is 3.65. The summed E-state index contributed by atoms with van der Waals surface area (Å²) < 4.78 is 5.05. The van der Waals surface area contributed by atoms with E-state index in [1.165, 1.54) is 0 Å². The Bertz CT molecular complexity index is 153. The van der Waals surface area contributed by atoms with E-state index in [1.54, 1.807) is 0 Å². The van der Waals surface area contributed by atoms with E-state index in [-0.39, 0.29) is 5.92 Å². The van der Waals surface area contributed by atoms with E-state index in [0.29, 0.717) is 13.2 Å². The summed E-state index contributed by atoms with van der Waals surface area (Å²) in [6.07, 6.45) is 0.408. The Kier molecular flexibility index (Phi) is 2.30. The van der Waals surface area contributed by atoms with Crippen LogP contribution in [-0.4, -0.2) is 30.7 Å². The van der Waals surface area contributed by atoms with Gasteiger partial charge in [0, 0.05) is 11.3 Å². The van der Waals surface area contributed by atoms with Crippen LogP contribution in [0.1, 0.15) is 13.8 Å². The standard InChI is InChI=1S/C8H14O3/c1-8(2,5-9)6-3-11-4-7(6)10/h5-7,10H,3-4H2,1-2H3. The minimum absolute atomic E-state index is 0.0417. The van der Waals surface area contributed by atoms with Crippen LogP contribution in [-0.2, 0) is 9.53 Å². The molecule has 3 nitrogen and oxygen atoms in total. The van der Waals surface area contributed by atoms with Crippen molar-refractivity contribution in [1.82, 2.24) is 0 Å². The van der Waals surface area contributed by atoms with E-state index in [2.05, 4.69) is 0 Å². The molecule has 11 heavy (non-hydrogen) atoms. The summed E-state index contributed by atoms with van der Waals surface area (Å²) in [6, 6.07) is 0. The predicted molar refractivity (Wildman–Crippen MR) is 40.2 cm³/mol. The van der Waals surface area contributed by atoms with Gasteiger partial charge >= 0.3 is 0 Å². The predicted octanol–water partition coefficient (Wildman–Crippen LogP) is 0.219. The van der Waals surface area contributed by atoms with Crippen molar-refractivity contribution in [2.45, 2.75) is 20.0 Å². The van der Waals surface area contributed by atoms with Gasteiger partial charge in [-0.1, -0.05) is 13.8 Å². The highest BCUT2D eigenvalue weighted by Crippen LogP contribution is 2.31. The monoisotopic (exact) mass is 158 g/mol. The number of ether oxygens (including phenoxy) is 1. The average molecular weight is 158 g/mol. The molecule has 0 aromatic carbocycles. The fourth-order valence-corrected chi connectivity index (χ4v) is 1.34. The fraction of sp³-hybridized carbons (Fsp3) is 0.875. The van der Waals surface area contributed by atoms with Crippen molar-refractivity contribution in [1.29, 1.82) is 0 Å². The lowest BCUT2D eigenvalue weighted by Crippen LogP contribution is -2.34. The second-order valence-corrected chi connectivity index (χ2v) is 3.65. The smallest absolute Gasteiger partial charge is 0.126 e. The maximum absolute atomic E-state index is 10.6. The van der Waals surface area contributed by atoms with E-state index in [0.717, 1.165) is 6.29 Å². The molecule has 2 atom stereocenters. The average Bonchev–Trinajstić information content (AvgIpc) is 2.36. The van der Waals surface area contributed by atoms with Crippen LogP contribution < -0.4 is 0 Å². The maximum Gasteiger partial charge on any atom is 0.126 e. The zero-order chi connectivity index (χ0) is 8.48. The van der Waals surface area contributed by atoms with Gasteiger partial charge in [0.1, 0.15) is 6.29 Å². The van der Waals surface area contributed by atoms with Gasteiger partial charge in [-0.3, -0.25) is 0 Å². The highest BCUT2D eigenvalue weighted by molar-refractivity contribution is 5.58. The third-order valence-corrected chi connectivity index (χ3v) is 2.31. The number of aldehydes is 1. The number of hydrogen-bond donors (Lipinski definition) is 1. The van der Waals surface area contributed by atoms with E-state index in [9.17, 15) is 9.90 Å². The van der Waals surface area contributed by atoms with Gasteiger partial charge in [-0.2, -0.15) is 0 Å². The van der Waals surface area contributed by atoms with Crippen molar-refractivity contribution in [3.8, 4) is 0 Å². The maximum atomic E-state index is 10.6. The molecule has 0 bridgehead atoms. The molecule has 1 aliphatic rings. The van der Waals surface area contributed by atoms with E-state index >= 15 is 0 Å². The van der Waals surface area contributed by atoms with E-state index in [1.807, 2.05) is 13.8 Å². The molecular weight excluding hydrogens is 144 g/mol. The lowest BCUT2D eigenvalue weighted by molar-refractivity contribution is -0.118. The Balaban J connectivity index is 2.65. The van der Waals surface area contributed by atoms with Gasteiger partial charge in [0.05, 0.1) is 19.3 Å². The molecule has 1 N–H and O–H groups in total. The van der Waals surface area contributed by atoms with Crippen LogP contribution >= 0.6 is 0 Å². The number of carbonyl (C=O) groups is 1. The first-order chi connectivity index (χ1) is 5.08. The quantitative estimate of drug-likeness (QED) is 0.585. The summed E-state index contributed by atoms with van der Waals surface area (Å²) in [4.78, 5) is 10.6. The summed E-state index contributed by atoms with van der Waals surface area (Å²) in [7, 11) is 0. The first-order valence-electron chi connectivity index (χ1n) is 3.80. The Labute approximate surface area is 66.4 Å². The highest BCUT2D eigenvalue weighted by atomic mass is 16.5. The fourth-order valence-electron chi connectivity index (χ4n) is 1.34. The summed E-state index contributed by atoms with van der Waals surface area (Å²) in [6.45, 7) is 4.50. The number of hydrogen-bond acceptors (Lipinski definition) is 3. The number of aliphatic hydroxyl groups is 1. The van der Waals surface area contributed by atoms with Crippen molar-refractivity contribution in [2.24, 2.45) is 11.3 Å². The van der Waals surface area contributed by atoms with Crippen LogP contribution in [0.5, 0.6) is 0 Å². The first-order valence-corrected chi connectivity index (χ1v) is 3.80. The molecule has 0 aromatic rings. The normalized spacial score (nSPS) is 32.3. The Morgan fingerprint density at radius 2 is 2.18 bits per heavy atom.